The van der Waals surface area contributed by atoms with E-state index in [2.05, 4.69) is 34.5 Å². The van der Waals surface area contributed by atoms with Crippen LogP contribution in [-0.4, -0.2) is 47.4 Å². The van der Waals surface area contributed by atoms with E-state index in [0.29, 0.717) is 6.54 Å². The molecule has 6 nitrogen and oxygen atoms in total. The second-order valence-electron chi connectivity index (χ2n) is 6.68. The molecule has 0 aliphatic heterocycles. The molecule has 0 saturated carbocycles. The first-order valence-corrected chi connectivity index (χ1v) is 7.30. The van der Waals surface area contributed by atoms with Gasteiger partial charge in [-0.15, -0.1) is 0 Å². The summed E-state index contributed by atoms with van der Waals surface area (Å²) in [6.45, 7) is 9.68. The van der Waals surface area contributed by atoms with E-state index < -0.39 is 0 Å². The summed E-state index contributed by atoms with van der Waals surface area (Å²) in [4.78, 5) is 14.1. The topological polar surface area (TPSA) is 62.2 Å². The summed E-state index contributed by atoms with van der Waals surface area (Å²) in [5.41, 5.74) is 1.95. The zero-order valence-corrected chi connectivity index (χ0v) is 14.3. The second-order valence-corrected chi connectivity index (χ2v) is 6.68. The number of rotatable bonds is 6. The predicted octanol–water partition coefficient (Wildman–Crippen LogP) is 1.50. The third-order valence-electron chi connectivity index (χ3n) is 3.77. The molecule has 0 saturated heterocycles. The molecule has 1 rings (SSSR count). The third-order valence-corrected chi connectivity index (χ3v) is 3.77. The molecule has 0 radical (unpaired) electrons. The van der Waals surface area contributed by atoms with Crippen molar-refractivity contribution in [1.29, 1.82) is 0 Å². The molecular formula is C15H29N5O. The van der Waals surface area contributed by atoms with Crippen molar-refractivity contribution in [3.05, 3.63) is 17.5 Å². The maximum Gasteiger partial charge on any atom is 0.315 e. The Morgan fingerprint density at radius 3 is 2.57 bits per heavy atom. The number of aromatic nitrogens is 2. The van der Waals surface area contributed by atoms with Gasteiger partial charge in [0, 0.05) is 19.6 Å². The van der Waals surface area contributed by atoms with E-state index in [-0.39, 0.29) is 17.5 Å². The normalized spacial score (nSPS) is 13.3. The molecule has 6 heteroatoms. The molecule has 0 spiro atoms. The van der Waals surface area contributed by atoms with Crippen molar-refractivity contribution in [2.75, 3.05) is 20.6 Å². The molecular weight excluding hydrogens is 266 g/mol. The van der Waals surface area contributed by atoms with Gasteiger partial charge < -0.3 is 15.5 Å². The first-order valence-electron chi connectivity index (χ1n) is 7.30. The van der Waals surface area contributed by atoms with E-state index in [4.69, 9.17) is 0 Å². The summed E-state index contributed by atoms with van der Waals surface area (Å²) in [6, 6.07) is 1.90. The predicted molar refractivity (Wildman–Crippen MR) is 85.1 cm³/mol. The Kier molecular flexibility index (Phi) is 5.78. The molecule has 0 aromatic carbocycles. The van der Waals surface area contributed by atoms with Gasteiger partial charge in [-0.2, -0.15) is 5.10 Å². The number of hydrogen-bond donors (Lipinski definition) is 2. The Bertz CT molecular complexity index is 478. The van der Waals surface area contributed by atoms with Crippen LogP contribution in [0.1, 0.15) is 32.2 Å². The molecule has 2 N–H and O–H groups in total. The minimum Gasteiger partial charge on any atom is -0.335 e. The Balaban J connectivity index is 2.48. The number of aryl methyl sites for hydroxylation is 2. The van der Waals surface area contributed by atoms with Crippen LogP contribution in [-0.2, 0) is 13.6 Å². The minimum absolute atomic E-state index is 0.00393. The Morgan fingerprint density at radius 2 is 2.10 bits per heavy atom. The van der Waals surface area contributed by atoms with Crippen LogP contribution in [0.4, 0.5) is 4.79 Å². The van der Waals surface area contributed by atoms with Crippen LogP contribution in [0.15, 0.2) is 6.07 Å². The average molecular weight is 295 g/mol. The highest BCUT2D eigenvalue weighted by molar-refractivity contribution is 5.74. The zero-order valence-electron chi connectivity index (χ0n) is 14.3. The SMILES string of the molecule is Cc1cc(CNC(=O)NC(C)C(C)(C)CN(C)C)n(C)n1. The van der Waals surface area contributed by atoms with Crippen molar-refractivity contribution >= 4 is 6.03 Å². The molecule has 1 unspecified atom stereocenters. The van der Waals surface area contributed by atoms with E-state index >= 15 is 0 Å². The lowest BCUT2D eigenvalue weighted by atomic mass is 9.85. The Labute approximate surface area is 127 Å². The number of amides is 2. The van der Waals surface area contributed by atoms with Gasteiger partial charge >= 0.3 is 6.03 Å². The summed E-state index contributed by atoms with van der Waals surface area (Å²) in [5.74, 6) is 0. The number of urea groups is 1. The quantitative estimate of drug-likeness (QED) is 0.836. The van der Waals surface area contributed by atoms with Crippen molar-refractivity contribution in [3.63, 3.8) is 0 Å². The molecule has 0 fully saturated rings. The molecule has 0 aliphatic carbocycles. The highest BCUT2D eigenvalue weighted by atomic mass is 16.2. The van der Waals surface area contributed by atoms with E-state index in [1.54, 1.807) is 4.68 Å². The molecule has 0 bridgehead atoms. The maximum atomic E-state index is 12.0. The van der Waals surface area contributed by atoms with E-state index in [1.807, 2.05) is 41.1 Å². The van der Waals surface area contributed by atoms with E-state index in [1.165, 1.54) is 0 Å². The van der Waals surface area contributed by atoms with Gasteiger partial charge in [-0.1, -0.05) is 13.8 Å². The standard InChI is InChI=1S/C15H29N5O/c1-11-8-13(20(7)18-11)9-16-14(21)17-12(2)15(3,4)10-19(5)6/h8,12H,9-10H2,1-7H3,(H2,16,17,21). The fourth-order valence-corrected chi connectivity index (χ4v) is 2.40. The summed E-state index contributed by atoms with van der Waals surface area (Å²) >= 11 is 0. The number of carbonyl (C=O) groups excluding carboxylic acids is 1. The van der Waals surface area contributed by atoms with Crippen molar-refractivity contribution in [2.24, 2.45) is 12.5 Å². The number of nitrogens with zero attached hydrogens (tertiary/aromatic N) is 3. The van der Waals surface area contributed by atoms with Gasteiger partial charge in [0.1, 0.15) is 0 Å². The Hall–Kier alpha value is -1.56. The lowest BCUT2D eigenvalue weighted by Gasteiger charge is -2.34. The number of hydrogen-bond acceptors (Lipinski definition) is 3. The van der Waals surface area contributed by atoms with Crippen molar-refractivity contribution in [1.82, 2.24) is 25.3 Å². The first kappa shape index (κ1) is 17.5. The van der Waals surface area contributed by atoms with Gasteiger partial charge in [-0.05, 0) is 39.4 Å². The van der Waals surface area contributed by atoms with Crippen LogP contribution in [0.25, 0.3) is 0 Å². The van der Waals surface area contributed by atoms with Gasteiger partial charge in [0.25, 0.3) is 0 Å². The summed E-state index contributed by atoms with van der Waals surface area (Å²) in [5, 5.41) is 10.2. The van der Waals surface area contributed by atoms with Crippen LogP contribution in [0.3, 0.4) is 0 Å². The van der Waals surface area contributed by atoms with Gasteiger partial charge in [0.05, 0.1) is 17.9 Å². The lowest BCUT2D eigenvalue weighted by Crippen LogP contribution is -2.50. The van der Waals surface area contributed by atoms with Crippen LogP contribution < -0.4 is 10.6 Å². The van der Waals surface area contributed by atoms with E-state index in [9.17, 15) is 4.79 Å². The highest BCUT2D eigenvalue weighted by Crippen LogP contribution is 2.21. The first-order chi connectivity index (χ1) is 9.61. The summed E-state index contributed by atoms with van der Waals surface area (Å²) < 4.78 is 1.79. The van der Waals surface area contributed by atoms with Crippen molar-refractivity contribution in [3.8, 4) is 0 Å². The monoisotopic (exact) mass is 295 g/mol. The van der Waals surface area contributed by atoms with Crippen molar-refractivity contribution in [2.45, 2.75) is 40.3 Å². The maximum absolute atomic E-state index is 12.0. The molecule has 1 atom stereocenters. The Morgan fingerprint density at radius 1 is 1.48 bits per heavy atom. The van der Waals surface area contributed by atoms with Crippen LogP contribution >= 0.6 is 0 Å². The third kappa shape index (κ3) is 5.38. The molecule has 0 aliphatic rings. The van der Waals surface area contributed by atoms with E-state index in [0.717, 1.165) is 17.9 Å². The summed E-state index contributed by atoms with van der Waals surface area (Å²) in [6.07, 6.45) is 0. The molecule has 1 aromatic heterocycles. The highest BCUT2D eigenvalue weighted by Gasteiger charge is 2.27. The number of nitrogens with one attached hydrogen (secondary N) is 2. The largest absolute Gasteiger partial charge is 0.335 e. The van der Waals surface area contributed by atoms with Gasteiger partial charge in [0.2, 0.25) is 0 Å². The fraction of sp³-hybridized carbons (Fsp3) is 0.733. The van der Waals surface area contributed by atoms with Crippen LogP contribution in [0.5, 0.6) is 0 Å². The molecule has 21 heavy (non-hydrogen) atoms. The smallest absolute Gasteiger partial charge is 0.315 e. The van der Waals surface area contributed by atoms with Gasteiger partial charge in [-0.25, -0.2) is 4.79 Å². The molecule has 1 heterocycles. The van der Waals surface area contributed by atoms with Crippen LogP contribution in [0.2, 0.25) is 0 Å². The minimum atomic E-state index is -0.145. The molecule has 1 aromatic rings. The molecule has 120 valence electrons. The van der Waals surface area contributed by atoms with Gasteiger partial charge in [-0.3, -0.25) is 4.68 Å². The fourth-order valence-electron chi connectivity index (χ4n) is 2.40. The lowest BCUT2D eigenvalue weighted by molar-refractivity contribution is 0.179. The van der Waals surface area contributed by atoms with Gasteiger partial charge in [0.15, 0.2) is 0 Å². The average Bonchev–Trinajstić information content (AvgIpc) is 2.63. The summed E-state index contributed by atoms with van der Waals surface area (Å²) in [7, 11) is 5.96. The molecule has 2 amide bonds. The zero-order chi connectivity index (χ0) is 16.2. The number of carbonyl (C=O) groups is 1. The van der Waals surface area contributed by atoms with Crippen molar-refractivity contribution < 1.29 is 4.79 Å². The second kappa shape index (κ2) is 6.93. The van der Waals surface area contributed by atoms with Crippen LogP contribution in [0, 0.1) is 12.3 Å².